The second-order valence-corrected chi connectivity index (χ2v) is 14.1. The van der Waals surface area contributed by atoms with Gasteiger partial charge in [0.1, 0.15) is 21.3 Å². The number of benzene rings is 5. The molecule has 2 heterocycles. The lowest BCUT2D eigenvalue weighted by molar-refractivity contribution is 0.484. The first kappa shape index (κ1) is 30.8. The second-order valence-electron chi connectivity index (χ2n) is 11.0. The van der Waals surface area contributed by atoms with Gasteiger partial charge in [0.25, 0.3) is 11.4 Å². The maximum atomic E-state index is 12.9. The van der Waals surface area contributed by atoms with Crippen LogP contribution in [-0.2, 0) is 20.2 Å². The Hall–Kier alpha value is -5.86. The van der Waals surface area contributed by atoms with Gasteiger partial charge in [-0.1, -0.05) is 35.4 Å². The van der Waals surface area contributed by atoms with Gasteiger partial charge < -0.3 is 17.2 Å². The van der Waals surface area contributed by atoms with Crippen molar-refractivity contribution in [3.05, 3.63) is 132 Å². The number of nitrogens with one attached hydrogen (secondary N) is 2. The fraction of sp³-hybridized carbons (Fsp3) is 0.0588. The monoisotopic (exact) mass is 682 g/mol. The fourth-order valence-corrected chi connectivity index (χ4v) is 7.01. The Morgan fingerprint density at radius 1 is 0.521 bits per heavy atom. The van der Waals surface area contributed by atoms with E-state index in [1.807, 2.05) is 13.8 Å². The third-order valence-corrected chi connectivity index (χ3v) is 10.1. The SMILES string of the molecule is Cc1ccc(S(=O)(=O)Oc2ccc3oc(=N)n(-c4ccc(-n5c(=N)oc6ccc(OS(=O)(=O)c7ccc(C)cc7)cc65)cc4)c3c2)cc1. The average Bonchev–Trinajstić information content (AvgIpc) is 3.55. The van der Waals surface area contributed by atoms with Gasteiger partial charge in [-0.2, -0.15) is 16.8 Å². The Labute approximate surface area is 273 Å². The molecule has 0 aliphatic rings. The van der Waals surface area contributed by atoms with Crippen LogP contribution in [0.5, 0.6) is 11.5 Å². The van der Waals surface area contributed by atoms with Crippen molar-refractivity contribution in [2.24, 2.45) is 0 Å². The third-order valence-electron chi connectivity index (χ3n) is 7.56. The van der Waals surface area contributed by atoms with E-state index in [4.69, 9.17) is 28.0 Å². The van der Waals surface area contributed by atoms with E-state index in [1.54, 1.807) is 48.5 Å². The predicted molar refractivity (Wildman–Crippen MR) is 174 cm³/mol. The van der Waals surface area contributed by atoms with E-state index in [9.17, 15) is 16.8 Å². The molecule has 0 atom stereocenters. The van der Waals surface area contributed by atoms with Gasteiger partial charge in [0.15, 0.2) is 11.2 Å². The van der Waals surface area contributed by atoms with Crippen LogP contribution in [0, 0.1) is 24.7 Å². The summed E-state index contributed by atoms with van der Waals surface area (Å²) in [6.45, 7) is 3.70. The number of oxazole rings is 2. The number of hydrogen-bond acceptors (Lipinski definition) is 10. The van der Waals surface area contributed by atoms with Crippen molar-refractivity contribution < 1.29 is 34.0 Å². The lowest BCUT2D eigenvalue weighted by Crippen LogP contribution is -2.14. The van der Waals surface area contributed by atoms with E-state index in [2.05, 4.69) is 0 Å². The van der Waals surface area contributed by atoms with Crippen LogP contribution in [-0.4, -0.2) is 26.0 Å². The van der Waals surface area contributed by atoms with Crippen LogP contribution >= 0.6 is 0 Å². The van der Waals surface area contributed by atoms with Crippen molar-refractivity contribution >= 4 is 42.4 Å². The minimum absolute atomic E-state index is 0.00893. The molecule has 0 amide bonds. The van der Waals surface area contributed by atoms with Gasteiger partial charge in [-0.15, -0.1) is 0 Å². The van der Waals surface area contributed by atoms with Crippen molar-refractivity contribution in [2.75, 3.05) is 0 Å². The van der Waals surface area contributed by atoms with E-state index in [1.165, 1.54) is 69.8 Å². The molecule has 2 N–H and O–H groups in total. The first-order chi connectivity index (χ1) is 22.9. The Balaban J connectivity index is 1.21. The van der Waals surface area contributed by atoms with E-state index in [-0.39, 0.29) is 32.7 Å². The Kier molecular flexibility index (Phi) is 7.33. The van der Waals surface area contributed by atoms with E-state index in [0.29, 0.717) is 33.6 Å². The van der Waals surface area contributed by atoms with Crippen LogP contribution in [0.1, 0.15) is 11.1 Å². The summed E-state index contributed by atoms with van der Waals surface area (Å²) in [5.41, 5.74) is 3.86. The van der Waals surface area contributed by atoms with Crippen molar-refractivity contribution in [3.8, 4) is 22.9 Å². The first-order valence-corrected chi connectivity index (χ1v) is 17.2. The Morgan fingerprint density at radius 3 is 1.23 bits per heavy atom. The second kappa shape index (κ2) is 11.4. The number of nitrogens with zero attached hydrogens (tertiary/aromatic N) is 2. The maximum absolute atomic E-state index is 12.9. The molecule has 0 spiro atoms. The van der Waals surface area contributed by atoms with Gasteiger partial charge in [-0.25, -0.2) is 0 Å². The quantitative estimate of drug-likeness (QED) is 0.187. The van der Waals surface area contributed by atoms with Crippen LogP contribution in [0.25, 0.3) is 33.6 Å². The molecule has 0 bridgehead atoms. The third kappa shape index (κ3) is 5.67. The van der Waals surface area contributed by atoms with Gasteiger partial charge in [-0.3, -0.25) is 20.0 Å². The highest BCUT2D eigenvalue weighted by Crippen LogP contribution is 2.28. The molecule has 0 saturated carbocycles. The largest absolute Gasteiger partial charge is 0.423 e. The molecule has 0 unspecified atom stereocenters. The van der Waals surface area contributed by atoms with E-state index < -0.39 is 20.2 Å². The van der Waals surface area contributed by atoms with E-state index >= 15 is 0 Å². The molecule has 0 aliphatic carbocycles. The summed E-state index contributed by atoms with van der Waals surface area (Å²) < 4.78 is 76.6. The van der Waals surface area contributed by atoms with Crippen LogP contribution < -0.4 is 19.7 Å². The summed E-state index contributed by atoms with van der Waals surface area (Å²) in [6, 6.07) is 28.2. The van der Waals surface area contributed by atoms with Crippen LogP contribution in [0.2, 0.25) is 0 Å². The first-order valence-electron chi connectivity index (χ1n) is 14.4. The van der Waals surface area contributed by atoms with Gasteiger partial charge >= 0.3 is 20.2 Å². The summed E-state index contributed by atoms with van der Waals surface area (Å²) >= 11 is 0. The summed E-state index contributed by atoms with van der Waals surface area (Å²) in [6.07, 6.45) is 0. The zero-order valence-corrected chi connectivity index (χ0v) is 27.0. The van der Waals surface area contributed by atoms with Crippen molar-refractivity contribution in [2.45, 2.75) is 23.6 Å². The molecule has 14 heteroatoms. The van der Waals surface area contributed by atoms with Crippen molar-refractivity contribution in [3.63, 3.8) is 0 Å². The molecule has 0 aliphatic heterocycles. The van der Waals surface area contributed by atoms with Gasteiger partial charge in [-0.05, 0) is 86.6 Å². The molecule has 48 heavy (non-hydrogen) atoms. The number of aromatic nitrogens is 2. The average molecular weight is 683 g/mol. The van der Waals surface area contributed by atoms with Crippen molar-refractivity contribution in [1.82, 2.24) is 9.13 Å². The minimum Gasteiger partial charge on any atom is -0.423 e. The number of aryl methyl sites for hydroxylation is 2. The van der Waals surface area contributed by atoms with Crippen LogP contribution in [0.15, 0.2) is 128 Å². The molecule has 7 aromatic rings. The van der Waals surface area contributed by atoms with Gasteiger partial charge in [0, 0.05) is 12.1 Å². The zero-order valence-electron chi connectivity index (χ0n) is 25.4. The molecule has 0 fully saturated rings. The molecule has 7 rings (SSSR count). The lowest BCUT2D eigenvalue weighted by atomic mass is 10.2. The number of fused-ring (bicyclic) bond motifs is 2. The van der Waals surface area contributed by atoms with Crippen LogP contribution in [0.3, 0.4) is 0 Å². The molecular formula is C34H26N4O8S2. The minimum atomic E-state index is -4.11. The number of hydrogen-bond donors (Lipinski definition) is 2. The highest BCUT2D eigenvalue weighted by molar-refractivity contribution is 7.87. The highest BCUT2D eigenvalue weighted by Gasteiger charge is 2.20. The normalized spacial score (nSPS) is 12.0. The molecule has 12 nitrogen and oxygen atoms in total. The van der Waals surface area contributed by atoms with Gasteiger partial charge in [0.2, 0.25) is 0 Å². The fourth-order valence-electron chi connectivity index (χ4n) is 5.16. The van der Waals surface area contributed by atoms with Crippen molar-refractivity contribution in [1.29, 1.82) is 10.8 Å². The van der Waals surface area contributed by atoms with Gasteiger partial charge in [0.05, 0.1) is 22.4 Å². The topological polar surface area (TPSA) is 171 Å². The smallest absolute Gasteiger partial charge is 0.339 e. The van der Waals surface area contributed by atoms with E-state index in [0.717, 1.165) is 11.1 Å². The Morgan fingerprint density at radius 2 is 0.875 bits per heavy atom. The highest BCUT2D eigenvalue weighted by atomic mass is 32.2. The number of rotatable bonds is 8. The molecule has 0 radical (unpaired) electrons. The summed E-state index contributed by atoms with van der Waals surface area (Å²) in [5, 5.41) is 16.9. The summed E-state index contributed by atoms with van der Waals surface area (Å²) in [4.78, 5) is 0.0179. The molecule has 2 aromatic heterocycles. The molecule has 242 valence electrons. The zero-order chi connectivity index (χ0) is 33.8. The standard InChI is InChI=1S/C34H26N4O8S2/c1-21-3-13-27(14-4-21)47(39,40)45-25-11-17-31-29(19-25)37(33(35)43-31)23-7-9-24(10-8-23)38-30-20-26(12-18-32(30)44-34(38)36)46-48(41,42)28-15-5-22(2)6-16-28/h3-20,35-36H,1-2H3. The lowest BCUT2D eigenvalue weighted by Gasteiger charge is -2.10. The predicted octanol–water partition coefficient (Wildman–Crippen LogP) is 5.87. The maximum Gasteiger partial charge on any atom is 0.339 e. The Bertz CT molecular complexity index is 2500. The summed E-state index contributed by atoms with van der Waals surface area (Å²) in [5.74, 6) is 0.0758. The molecule has 0 saturated heterocycles. The molecular weight excluding hydrogens is 657 g/mol. The molecule has 5 aromatic carbocycles. The van der Waals surface area contributed by atoms with Crippen LogP contribution in [0.4, 0.5) is 0 Å². The summed E-state index contributed by atoms with van der Waals surface area (Å²) in [7, 11) is -8.22.